The Labute approximate surface area is 155 Å². The first-order valence-corrected chi connectivity index (χ1v) is 8.55. The molecule has 0 saturated heterocycles. The van der Waals surface area contributed by atoms with E-state index >= 15 is 0 Å². The number of amides is 1. The standard InChI is InChI=1S/C20H27N3O3/c1-23(2)13-5-12-21-16-7-9-17(10-8-16)22-20(24)15-6-11-18(25-3)19(14-15)26-4/h6-11,14,21H,5,12-13H2,1-4H3,(H,22,24). The molecule has 26 heavy (non-hydrogen) atoms. The Morgan fingerprint density at radius 1 is 0.962 bits per heavy atom. The van der Waals surface area contributed by atoms with Gasteiger partial charge in [-0.3, -0.25) is 4.79 Å². The van der Waals surface area contributed by atoms with Gasteiger partial charge in [-0.1, -0.05) is 0 Å². The highest BCUT2D eigenvalue weighted by atomic mass is 16.5. The van der Waals surface area contributed by atoms with Gasteiger partial charge in [0.2, 0.25) is 0 Å². The zero-order chi connectivity index (χ0) is 18.9. The highest BCUT2D eigenvalue weighted by molar-refractivity contribution is 6.04. The normalized spacial score (nSPS) is 10.5. The summed E-state index contributed by atoms with van der Waals surface area (Å²) in [6.07, 6.45) is 1.07. The topological polar surface area (TPSA) is 62.8 Å². The van der Waals surface area contributed by atoms with Crippen LogP contribution in [0.5, 0.6) is 11.5 Å². The largest absolute Gasteiger partial charge is 0.493 e. The first kappa shape index (κ1) is 19.6. The zero-order valence-corrected chi connectivity index (χ0v) is 15.8. The van der Waals surface area contributed by atoms with Crippen LogP contribution in [-0.4, -0.2) is 52.2 Å². The summed E-state index contributed by atoms with van der Waals surface area (Å²) >= 11 is 0. The van der Waals surface area contributed by atoms with Crippen LogP contribution in [0.25, 0.3) is 0 Å². The maximum absolute atomic E-state index is 12.4. The molecule has 0 aromatic heterocycles. The highest BCUT2D eigenvalue weighted by Gasteiger charge is 2.11. The smallest absolute Gasteiger partial charge is 0.255 e. The van der Waals surface area contributed by atoms with Crippen LogP contribution in [0.3, 0.4) is 0 Å². The van der Waals surface area contributed by atoms with E-state index in [1.807, 2.05) is 24.3 Å². The van der Waals surface area contributed by atoms with Crippen molar-refractivity contribution >= 4 is 17.3 Å². The van der Waals surface area contributed by atoms with E-state index < -0.39 is 0 Å². The van der Waals surface area contributed by atoms with Crippen molar-refractivity contribution in [3.8, 4) is 11.5 Å². The number of methoxy groups -OCH3 is 2. The Morgan fingerprint density at radius 2 is 1.62 bits per heavy atom. The number of nitrogens with one attached hydrogen (secondary N) is 2. The Hall–Kier alpha value is -2.73. The molecule has 2 aromatic carbocycles. The average molecular weight is 357 g/mol. The molecular weight excluding hydrogens is 330 g/mol. The van der Waals surface area contributed by atoms with Crippen LogP contribution < -0.4 is 20.1 Å². The SMILES string of the molecule is COc1ccc(C(=O)Nc2ccc(NCCCN(C)C)cc2)cc1OC. The van der Waals surface area contributed by atoms with Crippen LogP contribution >= 0.6 is 0 Å². The molecule has 6 heteroatoms. The number of benzene rings is 2. The van der Waals surface area contributed by atoms with Gasteiger partial charge in [0.1, 0.15) is 0 Å². The molecule has 2 N–H and O–H groups in total. The van der Waals surface area contributed by atoms with Crippen molar-refractivity contribution in [3.63, 3.8) is 0 Å². The third kappa shape index (κ3) is 5.67. The van der Waals surface area contributed by atoms with Gasteiger partial charge < -0.3 is 25.0 Å². The molecule has 2 rings (SSSR count). The predicted molar refractivity (Wildman–Crippen MR) is 106 cm³/mol. The summed E-state index contributed by atoms with van der Waals surface area (Å²) in [5, 5.41) is 6.26. The number of ether oxygens (including phenoxy) is 2. The Morgan fingerprint density at radius 3 is 2.23 bits per heavy atom. The van der Waals surface area contributed by atoms with E-state index in [2.05, 4.69) is 29.6 Å². The molecule has 0 spiro atoms. The van der Waals surface area contributed by atoms with E-state index in [1.54, 1.807) is 32.4 Å². The van der Waals surface area contributed by atoms with Gasteiger partial charge in [0.15, 0.2) is 11.5 Å². The second-order valence-electron chi connectivity index (χ2n) is 6.18. The van der Waals surface area contributed by atoms with Gasteiger partial charge in [-0.2, -0.15) is 0 Å². The van der Waals surface area contributed by atoms with Crippen molar-refractivity contribution in [2.75, 3.05) is 52.0 Å². The summed E-state index contributed by atoms with van der Waals surface area (Å²) in [6.45, 7) is 1.96. The van der Waals surface area contributed by atoms with Crippen molar-refractivity contribution in [2.45, 2.75) is 6.42 Å². The molecule has 0 bridgehead atoms. The van der Waals surface area contributed by atoms with Gasteiger partial charge in [-0.15, -0.1) is 0 Å². The number of hydrogen-bond donors (Lipinski definition) is 2. The zero-order valence-electron chi connectivity index (χ0n) is 15.8. The summed E-state index contributed by atoms with van der Waals surface area (Å²) < 4.78 is 10.4. The molecule has 0 aliphatic carbocycles. The third-order valence-corrected chi connectivity index (χ3v) is 3.90. The molecule has 6 nitrogen and oxygen atoms in total. The first-order valence-electron chi connectivity index (χ1n) is 8.55. The minimum absolute atomic E-state index is 0.197. The summed E-state index contributed by atoms with van der Waals surface area (Å²) in [7, 11) is 7.24. The quantitative estimate of drug-likeness (QED) is 0.674. The van der Waals surface area contributed by atoms with E-state index in [-0.39, 0.29) is 5.91 Å². The van der Waals surface area contributed by atoms with Crippen LogP contribution in [0.4, 0.5) is 11.4 Å². The van der Waals surface area contributed by atoms with Crippen molar-refractivity contribution in [3.05, 3.63) is 48.0 Å². The molecule has 0 aliphatic heterocycles. The van der Waals surface area contributed by atoms with E-state index in [4.69, 9.17) is 9.47 Å². The lowest BCUT2D eigenvalue weighted by atomic mass is 10.1. The minimum atomic E-state index is -0.197. The van der Waals surface area contributed by atoms with Gasteiger partial charge >= 0.3 is 0 Å². The van der Waals surface area contributed by atoms with Crippen molar-refractivity contribution in [1.82, 2.24) is 4.90 Å². The number of rotatable bonds is 9. The number of nitrogens with zero attached hydrogens (tertiary/aromatic N) is 1. The molecule has 0 unspecified atom stereocenters. The van der Waals surface area contributed by atoms with Crippen LogP contribution in [0.1, 0.15) is 16.8 Å². The number of hydrogen-bond acceptors (Lipinski definition) is 5. The lowest BCUT2D eigenvalue weighted by molar-refractivity contribution is 0.102. The maximum Gasteiger partial charge on any atom is 0.255 e. The monoisotopic (exact) mass is 357 g/mol. The predicted octanol–water partition coefficient (Wildman–Crippen LogP) is 3.32. The molecule has 0 fully saturated rings. The number of carbonyl (C=O) groups is 1. The first-order chi connectivity index (χ1) is 12.5. The van der Waals surface area contributed by atoms with Gasteiger partial charge in [-0.25, -0.2) is 0 Å². The highest BCUT2D eigenvalue weighted by Crippen LogP contribution is 2.28. The van der Waals surface area contributed by atoms with Gasteiger partial charge in [0.05, 0.1) is 14.2 Å². The molecule has 0 atom stereocenters. The molecule has 2 aromatic rings. The minimum Gasteiger partial charge on any atom is -0.493 e. The summed E-state index contributed by atoms with van der Waals surface area (Å²) in [5.74, 6) is 0.920. The van der Waals surface area contributed by atoms with Crippen LogP contribution in [-0.2, 0) is 0 Å². The van der Waals surface area contributed by atoms with E-state index in [0.717, 1.165) is 30.9 Å². The molecule has 0 saturated carbocycles. The lowest BCUT2D eigenvalue weighted by Gasteiger charge is -2.12. The fourth-order valence-electron chi connectivity index (χ4n) is 2.48. The van der Waals surface area contributed by atoms with Crippen molar-refractivity contribution in [1.29, 1.82) is 0 Å². The molecule has 0 aliphatic rings. The molecule has 140 valence electrons. The number of anilines is 2. The van der Waals surface area contributed by atoms with Crippen molar-refractivity contribution < 1.29 is 14.3 Å². The Bertz CT molecular complexity index is 715. The Balaban J connectivity index is 1.93. The maximum atomic E-state index is 12.4. The average Bonchev–Trinajstić information content (AvgIpc) is 2.65. The van der Waals surface area contributed by atoms with E-state index in [0.29, 0.717) is 17.1 Å². The van der Waals surface area contributed by atoms with E-state index in [9.17, 15) is 4.79 Å². The summed E-state index contributed by atoms with van der Waals surface area (Å²) in [6, 6.07) is 12.8. The third-order valence-electron chi connectivity index (χ3n) is 3.90. The van der Waals surface area contributed by atoms with Crippen LogP contribution in [0, 0.1) is 0 Å². The van der Waals surface area contributed by atoms with Gasteiger partial charge in [0, 0.05) is 23.5 Å². The van der Waals surface area contributed by atoms with Crippen LogP contribution in [0.2, 0.25) is 0 Å². The van der Waals surface area contributed by atoms with Crippen LogP contribution in [0.15, 0.2) is 42.5 Å². The molecule has 1 amide bonds. The fourth-order valence-corrected chi connectivity index (χ4v) is 2.48. The molecule has 0 radical (unpaired) electrons. The lowest BCUT2D eigenvalue weighted by Crippen LogP contribution is -2.16. The van der Waals surface area contributed by atoms with Gasteiger partial charge in [-0.05, 0) is 69.5 Å². The second kappa shape index (κ2) is 9.68. The fraction of sp³-hybridized carbons (Fsp3) is 0.350. The van der Waals surface area contributed by atoms with Gasteiger partial charge in [0.25, 0.3) is 5.91 Å². The summed E-state index contributed by atoms with van der Waals surface area (Å²) in [5.41, 5.74) is 2.28. The van der Waals surface area contributed by atoms with Crippen molar-refractivity contribution in [2.24, 2.45) is 0 Å². The summed E-state index contributed by atoms with van der Waals surface area (Å²) in [4.78, 5) is 14.6. The Kier molecular flexibility index (Phi) is 7.29. The molecule has 0 heterocycles. The number of carbonyl (C=O) groups excluding carboxylic acids is 1. The second-order valence-corrected chi connectivity index (χ2v) is 6.18. The molecular formula is C20H27N3O3. The van der Waals surface area contributed by atoms with E-state index in [1.165, 1.54) is 0 Å².